The van der Waals surface area contributed by atoms with Crippen LogP contribution in [0.2, 0.25) is 0 Å². The average molecular weight is 212 g/mol. The zero-order valence-corrected chi connectivity index (χ0v) is 8.59. The first kappa shape index (κ1) is 9.61. The molecule has 0 radical (unpaired) electrons. The number of nitrogens with zero attached hydrogens (tertiary/aromatic N) is 2. The molecule has 1 aliphatic rings. The summed E-state index contributed by atoms with van der Waals surface area (Å²) in [6.07, 6.45) is 4.12. The van der Waals surface area contributed by atoms with Crippen LogP contribution in [0.25, 0.3) is 0 Å². The second-order valence-electron chi connectivity index (χ2n) is 3.47. The standard InChI is InChI=1S/C9H12N2O2S/c12-9(13)8-7(5-10-14-8)6-11-3-1-2-4-11/h5H,1-4,6H2,(H,12,13). The molecule has 5 heteroatoms. The van der Waals surface area contributed by atoms with Gasteiger partial charge in [-0.3, -0.25) is 4.90 Å². The van der Waals surface area contributed by atoms with Crippen molar-refractivity contribution in [3.05, 3.63) is 16.6 Å². The zero-order valence-electron chi connectivity index (χ0n) is 7.77. The fraction of sp³-hybridized carbons (Fsp3) is 0.556. The lowest BCUT2D eigenvalue weighted by Gasteiger charge is -2.13. The van der Waals surface area contributed by atoms with E-state index in [9.17, 15) is 4.79 Å². The van der Waals surface area contributed by atoms with Crippen LogP contribution in [0.4, 0.5) is 0 Å². The van der Waals surface area contributed by atoms with Crippen LogP contribution < -0.4 is 0 Å². The maximum absolute atomic E-state index is 10.8. The summed E-state index contributed by atoms with van der Waals surface area (Å²) in [6.45, 7) is 2.89. The van der Waals surface area contributed by atoms with Crippen molar-refractivity contribution in [1.82, 2.24) is 9.27 Å². The molecule has 4 nitrogen and oxygen atoms in total. The summed E-state index contributed by atoms with van der Waals surface area (Å²) < 4.78 is 3.92. The third-order valence-corrected chi connectivity index (χ3v) is 3.26. The summed E-state index contributed by atoms with van der Waals surface area (Å²) in [6, 6.07) is 0. The Morgan fingerprint density at radius 3 is 2.93 bits per heavy atom. The molecule has 0 atom stereocenters. The monoisotopic (exact) mass is 212 g/mol. The third-order valence-electron chi connectivity index (χ3n) is 2.43. The summed E-state index contributed by atoms with van der Waals surface area (Å²) in [7, 11) is 0. The Balaban J connectivity index is 2.07. The van der Waals surface area contributed by atoms with Crippen molar-refractivity contribution in [3.63, 3.8) is 0 Å². The van der Waals surface area contributed by atoms with Crippen LogP contribution in [0.15, 0.2) is 6.20 Å². The second kappa shape index (κ2) is 4.06. The van der Waals surface area contributed by atoms with Gasteiger partial charge in [-0.15, -0.1) is 0 Å². The second-order valence-corrected chi connectivity index (χ2v) is 4.27. The molecule has 0 amide bonds. The molecule has 0 aliphatic carbocycles. The Morgan fingerprint density at radius 2 is 2.29 bits per heavy atom. The number of aromatic carboxylic acids is 1. The fourth-order valence-electron chi connectivity index (χ4n) is 1.73. The van der Waals surface area contributed by atoms with Gasteiger partial charge in [-0.05, 0) is 37.5 Å². The Labute approximate surface area is 86.3 Å². The van der Waals surface area contributed by atoms with Gasteiger partial charge >= 0.3 is 5.97 Å². The first-order valence-electron chi connectivity index (χ1n) is 4.66. The Kier molecular flexibility index (Phi) is 2.79. The highest BCUT2D eigenvalue weighted by molar-refractivity contribution is 7.08. The molecule has 1 aromatic rings. The maximum Gasteiger partial charge on any atom is 0.347 e. The summed E-state index contributed by atoms with van der Waals surface area (Å²) in [5.74, 6) is -0.860. The van der Waals surface area contributed by atoms with Crippen LogP contribution in [0, 0.1) is 0 Å². The van der Waals surface area contributed by atoms with Crippen molar-refractivity contribution in [2.75, 3.05) is 13.1 Å². The molecule has 1 N–H and O–H groups in total. The zero-order chi connectivity index (χ0) is 9.97. The van der Waals surface area contributed by atoms with Gasteiger partial charge in [0.25, 0.3) is 0 Å². The maximum atomic E-state index is 10.8. The summed E-state index contributed by atoms with van der Waals surface area (Å²) in [4.78, 5) is 13.5. The van der Waals surface area contributed by atoms with Crippen molar-refractivity contribution >= 4 is 17.5 Å². The highest BCUT2D eigenvalue weighted by Crippen LogP contribution is 2.18. The number of aromatic nitrogens is 1. The van der Waals surface area contributed by atoms with Gasteiger partial charge in [-0.25, -0.2) is 4.79 Å². The quantitative estimate of drug-likeness (QED) is 0.823. The Bertz CT molecular complexity index is 331. The SMILES string of the molecule is O=C(O)c1sncc1CN1CCCC1. The van der Waals surface area contributed by atoms with Gasteiger partial charge in [-0.1, -0.05) is 0 Å². The number of hydrogen-bond donors (Lipinski definition) is 1. The van der Waals surface area contributed by atoms with Gasteiger partial charge in [0.15, 0.2) is 0 Å². The van der Waals surface area contributed by atoms with Crippen LogP contribution in [-0.2, 0) is 6.54 Å². The molecule has 1 aliphatic heterocycles. The van der Waals surface area contributed by atoms with Crippen molar-refractivity contribution < 1.29 is 9.90 Å². The third kappa shape index (κ3) is 1.93. The number of carboxylic acids is 1. The highest BCUT2D eigenvalue weighted by Gasteiger charge is 2.17. The predicted molar refractivity (Wildman–Crippen MR) is 53.6 cm³/mol. The van der Waals surface area contributed by atoms with E-state index in [4.69, 9.17) is 5.11 Å². The molecule has 1 fully saturated rings. The summed E-state index contributed by atoms with van der Waals surface area (Å²) in [5.41, 5.74) is 0.851. The van der Waals surface area contributed by atoms with Crippen LogP contribution >= 0.6 is 11.5 Å². The summed E-state index contributed by atoms with van der Waals surface area (Å²) in [5, 5.41) is 8.88. The minimum Gasteiger partial charge on any atom is -0.477 e. The minimum absolute atomic E-state index is 0.386. The number of hydrogen-bond acceptors (Lipinski definition) is 4. The molecule has 1 saturated heterocycles. The number of likely N-dealkylation sites (tertiary alicyclic amines) is 1. The molecule has 0 unspecified atom stereocenters. The minimum atomic E-state index is -0.860. The van der Waals surface area contributed by atoms with Gasteiger partial charge in [0.1, 0.15) is 4.88 Å². The number of carbonyl (C=O) groups is 1. The van der Waals surface area contributed by atoms with Crippen molar-refractivity contribution in [2.24, 2.45) is 0 Å². The van der Waals surface area contributed by atoms with E-state index >= 15 is 0 Å². The predicted octanol–water partition coefficient (Wildman–Crippen LogP) is 1.44. The molecule has 1 aromatic heterocycles. The smallest absolute Gasteiger partial charge is 0.347 e. The van der Waals surface area contributed by atoms with Gasteiger partial charge in [0, 0.05) is 18.3 Å². The van der Waals surface area contributed by atoms with E-state index in [1.165, 1.54) is 12.8 Å². The van der Waals surface area contributed by atoms with Crippen molar-refractivity contribution in [1.29, 1.82) is 0 Å². The molecular formula is C9H12N2O2S. The van der Waals surface area contributed by atoms with E-state index in [-0.39, 0.29) is 0 Å². The molecule has 2 heterocycles. The van der Waals surface area contributed by atoms with Crippen LogP contribution in [0.5, 0.6) is 0 Å². The highest BCUT2D eigenvalue weighted by atomic mass is 32.1. The largest absolute Gasteiger partial charge is 0.477 e. The Hall–Kier alpha value is -0.940. The van der Waals surface area contributed by atoms with E-state index in [1.54, 1.807) is 6.20 Å². The molecule has 0 bridgehead atoms. The average Bonchev–Trinajstić information content (AvgIpc) is 2.75. The molecular weight excluding hydrogens is 200 g/mol. The van der Waals surface area contributed by atoms with Gasteiger partial charge in [-0.2, -0.15) is 4.37 Å². The lowest BCUT2D eigenvalue weighted by atomic mass is 10.2. The first-order valence-corrected chi connectivity index (χ1v) is 5.44. The topological polar surface area (TPSA) is 53.4 Å². The van der Waals surface area contributed by atoms with Crippen molar-refractivity contribution in [3.8, 4) is 0 Å². The van der Waals surface area contributed by atoms with Gasteiger partial charge in [0.2, 0.25) is 0 Å². The molecule has 0 saturated carbocycles. The first-order chi connectivity index (χ1) is 6.77. The van der Waals surface area contributed by atoms with Crippen LogP contribution in [0.3, 0.4) is 0 Å². The molecule has 14 heavy (non-hydrogen) atoms. The van der Waals surface area contributed by atoms with Crippen molar-refractivity contribution in [2.45, 2.75) is 19.4 Å². The lowest BCUT2D eigenvalue weighted by molar-refractivity contribution is 0.0700. The molecule has 0 spiro atoms. The lowest BCUT2D eigenvalue weighted by Crippen LogP contribution is -2.19. The van der Waals surface area contributed by atoms with Gasteiger partial charge in [0.05, 0.1) is 0 Å². The van der Waals surface area contributed by atoms with E-state index < -0.39 is 5.97 Å². The van der Waals surface area contributed by atoms with E-state index in [0.717, 1.165) is 36.7 Å². The van der Waals surface area contributed by atoms with Crippen LogP contribution in [0.1, 0.15) is 28.1 Å². The summed E-state index contributed by atoms with van der Waals surface area (Å²) >= 11 is 1.06. The van der Waals surface area contributed by atoms with E-state index in [1.807, 2.05) is 0 Å². The van der Waals surface area contributed by atoms with E-state index in [2.05, 4.69) is 9.27 Å². The van der Waals surface area contributed by atoms with E-state index in [0.29, 0.717) is 4.88 Å². The number of carboxylic acid groups (broad SMARTS) is 1. The molecule has 76 valence electrons. The normalized spacial score (nSPS) is 17.4. The fourth-order valence-corrected chi connectivity index (χ4v) is 2.33. The number of rotatable bonds is 3. The Morgan fingerprint density at radius 1 is 1.57 bits per heavy atom. The van der Waals surface area contributed by atoms with Gasteiger partial charge < -0.3 is 5.11 Å². The molecule has 2 rings (SSSR count). The van der Waals surface area contributed by atoms with Crippen LogP contribution in [-0.4, -0.2) is 33.4 Å². The molecule has 0 aromatic carbocycles.